The van der Waals surface area contributed by atoms with Gasteiger partial charge in [0, 0.05) is 22.7 Å². The van der Waals surface area contributed by atoms with Gasteiger partial charge in [-0.3, -0.25) is 14.0 Å². The summed E-state index contributed by atoms with van der Waals surface area (Å²) in [6, 6.07) is 1.66. The molecule has 4 aliphatic carbocycles. The molecule has 0 saturated heterocycles. The maximum atomic E-state index is 17.4. The Bertz CT molecular complexity index is 1180. The third kappa shape index (κ3) is 3.33. The minimum absolute atomic E-state index is 0.0118. The molecule has 5 rings (SSSR count). The number of esters is 1. The standard InChI is InChI=1S/C27H29F3O6S/c1-24-8-7-17(31)10-15(24)5-6-18-19-11-16(13-28)27(23(34)37-14-29,36-22(33)20-4-3-9-35-20)25(19,2)12-21(32)26(18,24)30/h3-4,7-10,16,18-19,21,32H,5-6,11-14H2,1-2H3/t16-,18-,19-,21-,24-,25-,26-,27-/m0/s1. The Morgan fingerprint density at radius 1 is 1.27 bits per heavy atom. The van der Waals surface area contributed by atoms with Crippen molar-refractivity contribution in [2.24, 2.45) is 28.6 Å². The molecule has 3 fully saturated rings. The van der Waals surface area contributed by atoms with Gasteiger partial charge in [0.05, 0.1) is 19.0 Å². The SMILES string of the molecule is C[C@]12C=CC(=O)C=C1CC[C@H]1[C@@H]3C[C@@H](CF)[C@](OC(=O)c4ccco4)(C(=O)SCF)[C@@]3(C)C[C@H](O)[C@@]12F. The lowest BCUT2D eigenvalue weighted by Gasteiger charge is -2.62. The van der Waals surface area contributed by atoms with Crippen LogP contribution in [0.5, 0.6) is 0 Å². The molecule has 0 aromatic carbocycles. The minimum Gasteiger partial charge on any atom is -0.457 e. The predicted octanol–water partition coefficient (Wildman–Crippen LogP) is 4.93. The largest absolute Gasteiger partial charge is 0.457 e. The lowest BCUT2D eigenvalue weighted by atomic mass is 9.45. The first-order valence-electron chi connectivity index (χ1n) is 12.4. The molecule has 200 valence electrons. The van der Waals surface area contributed by atoms with E-state index in [2.05, 4.69) is 0 Å². The number of alkyl halides is 3. The average Bonchev–Trinajstić information content (AvgIpc) is 3.47. The maximum Gasteiger partial charge on any atom is 0.375 e. The fourth-order valence-corrected chi connectivity index (χ4v) is 8.68. The number of carbonyl (C=O) groups excluding carboxylic acids is 3. The van der Waals surface area contributed by atoms with Crippen molar-refractivity contribution in [3.63, 3.8) is 0 Å². The van der Waals surface area contributed by atoms with Gasteiger partial charge < -0.3 is 14.3 Å². The molecule has 0 unspecified atom stereocenters. The van der Waals surface area contributed by atoms with Crippen molar-refractivity contribution in [3.05, 3.63) is 48.0 Å². The number of aliphatic hydroxyl groups excluding tert-OH is 1. The van der Waals surface area contributed by atoms with E-state index in [9.17, 15) is 28.3 Å². The fraction of sp³-hybridized carbons (Fsp3) is 0.593. The Morgan fingerprint density at radius 3 is 2.68 bits per heavy atom. The smallest absolute Gasteiger partial charge is 0.375 e. The number of rotatable bonds is 5. The van der Waals surface area contributed by atoms with Gasteiger partial charge in [0.2, 0.25) is 10.9 Å². The number of halogens is 3. The minimum atomic E-state index is -2.21. The van der Waals surface area contributed by atoms with Crippen LogP contribution in [-0.4, -0.2) is 52.0 Å². The molecule has 1 aromatic rings. The van der Waals surface area contributed by atoms with Gasteiger partial charge in [0.1, 0.15) is 6.01 Å². The average molecular weight is 539 g/mol. The highest BCUT2D eigenvalue weighted by Gasteiger charge is 2.78. The summed E-state index contributed by atoms with van der Waals surface area (Å²) >= 11 is 0.274. The molecule has 0 radical (unpaired) electrons. The number of carbonyl (C=O) groups is 3. The summed E-state index contributed by atoms with van der Waals surface area (Å²) < 4.78 is 56.5. The number of thioether (sulfide) groups is 1. The monoisotopic (exact) mass is 538 g/mol. The summed E-state index contributed by atoms with van der Waals surface area (Å²) in [7, 11) is 0. The molecule has 0 aliphatic heterocycles. The van der Waals surface area contributed by atoms with Gasteiger partial charge in [0.25, 0.3) is 0 Å². The molecular formula is C27H29F3O6S. The zero-order valence-corrected chi connectivity index (χ0v) is 21.4. The van der Waals surface area contributed by atoms with Crippen molar-refractivity contribution >= 4 is 28.6 Å². The molecule has 4 aliphatic rings. The summed E-state index contributed by atoms with van der Waals surface area (Å²) in [4.78, 5) is 38.7. The van der Waals surface area contributed by atoms with Gasteiger partial charge in [-0.25, -0.2) is 13.6 Å². The van der Waals surface area contributed by atoms with Crippen LogP contribution in [0.3, 0.4) is 0 Å². The highest BCUT2D eigenvalue weighted by Crippen LogP contribution is 2.72. The zero-order chi connectivity index (χ0) is 26.8. The van der Waals surface area contributed by atoms with E-state index in [4.69, 9.17) is 9.15 Å². The Hall–Kier alpha value is -2.33. The second kappa shape index (κ2) is 8.86. The quantitative estimate of drug-likeness (QED) is 0.532. The number of allylic oxidation sites excluding steroid dienone is 4. The van der Waals surface area contributed by atoms with Crippen molar-refractivity contribution in [1.29, 1.82) is 0 Å². The lowest BCUT2D eigenvalue weighted by Crippen LogP contribution is -2.69. The normalized spacial score (nSPS) is 42.4. The van der Waals surface area contributed by atoms with Crippen molar-refractivity contribution < 1.29 is 41.8 Å². The Balaban J connectivity index is 1.64. The first-order chi connectivity index (χ1) is 17.5. The van der Waals surface area contributed by atoms with Gasteiger partial charge in [-0.1, -0.05) is 18.6 Å². The summed E-state index contributed by atoms with van der Waals surface area (Å²) in [5.41, 5.74) is -6.44. The second-order valence-electron chi connectivity index (χ2n) is 11.0. The van der Waals surface area contributed by atoms with Gasteiger partial charge >= 0.3 is 5.97 Å². The van der Waals surface area contributed by atoms with Crippen LogP contribution in [-0.2, 0) is 14.3 Å². The van der Waals surface area contributed by atoms with Gasteiger partial charge in [-0.15, -0.1) is 0 Å². The van der Waals surface area contributed by atoms with Crippen LogP contribution in [0.15, 0.2) is 46.6 Å². The van der Waals surface area contributed by atoms with E-state index in [1.807, 2.05) is 0 Å². The van der Waals surface area contributed by atoms with Crippen LogP contribution in [0, 0.1) is 28.6 Å². The molecule has 37 heavy (non-hydrogen) atoms. The number of hydrogen-bond donors (Lipinski definition) is 1. The van der Waals surface area contributed by atoms with Crippen LogP contribution in [0.1, 0.15) is 50.1 Å². The third-order valence-electron chi connectivity index (χ3n) is 9.64. The Labute approximate surface area is 216 Å². The van der Waals surface area contributed by atoms with Gasteiger partial charge in [-0.05, 0) is 74.6 Å². The van der Waals surface area contributed by atoms with E-state index < -0.39 is 69.7 Å². The van der Waals surface area contributed by atoms with E-state index in [-0.39, 0.29) is 42.6 Å². The second-order valence-corrected chi connectivity index (χ2v) is 11.9. The lowest BCUT2D eigenvalue weighted by molar-refractivity contribution is -0.217. The Morgan fingerprint density at radius 2 is 2.03 bits per heavy atom. The molecule has 6 nitrogen and oxygen atoms in total. The van der Waals surface area contributed by atoms with Crippen LogP contribution in [0.2, 0.25) is 0 Å². The van der Waals surface area contributed by atoms with Crippen LogP contribution in [0.4, 0.5) is 13.2 Å². The highest BCUT2D eigenvalue weighted by atomic mass is 32.2. The number of aliphatic hydroxyl groups is 1. The van der Waals surface area contributed by atoms with Crippen molar-refractivity contribution in [2.45, 2.75) is 56.9 Å². The molecule has 1 heterocycles. The first-order valence-corrected chi connectivity index (χ1v) is 13.4. The third-order valence-corrected chi connectivity index (χ3v) is 10.3. The van der Waals surface area contributed by atoms with Crippen molar-refractivity contribution in [1.82, 2.24) is 0 Å². The van der Waals surface area contributed by atoms with E-state index >= 15 is 4.39 Å². The summed E-state index contributed by atoms with van der Waals surface area (Å²) in [5, 5.41) is 10.6. The van der Waals surface area contributed by atoms with E-state index in [0.29, 0.717) is 12.0 Å². The molecule has 8 atom stereocenters. The Kier molecular flexibility index (Phi) is 6.30. The number of hydrogen-bond acceptors (Lipinski definition) is 7. The molecule has 0 spiro atoms. The molecule has 10 heteroatoms. The van der Waals surface area contributed by atoms with Crippen molar-refractivity contribution in [3.8, 4) is 0 Å². The number of furan rings is 1. The van der Waals surface area contributed by atoms with Crippen LogP contribution < -0.4 is 0 Å². The van der Waals surface area contributed by atoms with E-state index in [1.54, 1.807) is 13.8 Å². The molecule has 3 saturated carbocycles. The van der Waals surface area contributed by atoms with Crippen molar-refractivity contribution in [2.75, 3.05) is 12.7 Å². The van der Waals surface area contributed by atoms with Crippen LogP contribution >= 0.6 is 11.8 Å². The molecule has 0 amide bonds. The van der Waals surface area contributed by atoms with E-state index in [1.165, 1.54) is 36.6 Å². The molecule has 0 bridgehead atoms. The summed E-state index contributed by atoms with van der Waals surface area (Å²) in [6.45, 7) is 2.20. The predicted molar refractivity (Wildman–Crippen MR) is 129 cm³/mol. The topological polar surface area (TPSA) is 93.8 Å². The number of ketones is 1. The fourth-order valence-electron chi connectivity index (χ4n) is 7.92. The molecule has 1 N–H and O–H groups in total. The summed E-state index contributed by atoms with van der Waals surface area (Å²) in [6.07, 6.45) is 4.14. The summed E-state index contributed by atoms with van der Waals surface area (Å²) in [5.74, 6) is -4.15. The van der Waals surface area contributed by atoms with Gasteiger partial charge in [0.15, 0.2) is 17.1 Å². The molecule has 1 aromatic heterocycles. The molecular weight excluding hydrogens is 509 g/mol. The number of ether oxygens (including phenoxy) is 1. The highest BCUT2D eigenvalue weighted by molar-refractivity contribution is 8.13. The van der Waals surface area contributed by atoms with E-state index in [0.717, 1.165) is 0 Å². The maximum absolute atomic E-state index is 17.4. The van der Waals surface area contributed by atoms with Crippen LogP contribution in [0.25, 0.3) is 0 Å². The first kappa shape index (κ1) is 26.3. The zero-order valence-electron chi connectivity index (χ0n) is 20.5. The number of fused-ring (bicyclic) bond motifs is 5. The van der Waals surface area contributed by atoms with Gasteiger partial charge in [-0.2, -0.15) is 0 Å².